The molecule has 10 heteroatoms. The van der Waals surface area contributed by atoms with E-state index < -0.39 is 11.2 Å². The van der Waals surface area contributed by atoms with E-state index in [0.29, 0.717) is 16.9 Å². The van der Waals surface area contributed by atoms with Gasteiger partial charge in [0.15, 0.2) is 11.4 Å². The van der Waals surface area contributed by atoms with E-state index in [9.17, 15) is 14.4 Å². The Kier molecular flexibility index (Phi) is 5.44. The molecule has 0 saturated heterocycles. The van der Waals surface area contributed by atoms with Gasteiger partial charge >= 0.3 is 5.69 Å². The molecule has 0 bridgehead atoms. The number of hydrogen-bond donors (Lipinski definition) is 2. The van der Waals surface area contributed by atoms with Crippen LogP contribution in [0.25, 0.3) is 11.3 Å². The van der Waals surface area contributed by atoms with E-state index in [1.165, 1.54) is 25.4 Å². The van der Waals surface area contributed by atoms with Gasteiger partial charge in [-0.25, -0.2) is 9.48 Å². The van der Waals surface area contributed by atoms with Gasteiger partial charge in [-0.15, -0.1) is 0 Å². The summed E-state index contributed by atoms with van der Waals surface area (Å²) in [5.41, 5.74) is -0.625. The average Bonchev–Trinajstić information content (AvgIpc) is 2.62. The molecule has 2 N–H and O–H groups in total. The summed E-state index contributed by atoms with van der Waals surface area (Å²) >= 11 is 12.6. The molecule has 2 aromatic heterocycles. The first-order valence-electron chi connectivity index (χ1n) is 8.25. The molecular weight excluding hydrogens is 407 g/mol. The molecule has 8 nitrogen and oxygen atoms in total. The monoisotopic (exact) mass is 422 g/mol. The third-order valence-corrected chi connectivity index (χ3v) is 4.56. The van der Waals surface area contributed by atoms with Gasteiger partial charge in [0.2, 0.25) is 0 Å². The van der Waals surface area contributed by atoms with E-state index in [4.69, 9.17) is 27.9 Å². The molecule has 0 unspecified atom stereocenters. The van der Waals surface area contributed by atoms with E-state index in [0.717, 1.165) is 4.68 Å². The second kappa shape index (κ2) is 7.65. The third-order valence-electron chi connectivity index (χ3n) is 4.00. The largest absolute Gasteiger partial charge is 0.453 e. The van der Waals surface area contributed by atoms with Gasteiger partial charge in [-0.2, -0.15) is 5.10 Å². The molecule has 3 aromatic rings. The molecule has 28 heavy (non-hydrogen) atoms. The van der Waals surface area contributed by atoms with E-state index in [1.807, 2.05) is 13.8 Å². The summed E-state index contributed by atoms with van der Waals surface area (Å²) in [6.07, 6.45) is 1.41. The Morgan fingerprint density at radius 1 is 1.07 bits per heavy atom. The molecule has 0 aliphatic rings. The first-order chi connectivity index (χ1) is 13.2. The SMILES string of the molecule is CC(C)c1cc(Oc2c(Cl)cc(-c3nn(C)c(=O)[nH]c3=O)cc2Cl)c[nH]c1=O. The molecule has 1 aromatic carbocycles. The fraction of sp³-hybridized carbons (Fsp3) is 0.222. The highest BCUT2D eigenvalue weighted by Crippen LogP contribution is 2.39. The van der Waals surface area contributed by atoms with E-state index >= 15 is 0 Å². The van der Waals surface area contributed by atoms with Gasteiger partial charge in [0.05, 0.1) is 10.0 Å². The smallest absolute Gasteiger partial charge is 0.344 e. The molecule has 146 valence electrons. The van der Waals surface area contributed by atoms with Crippen LogP contribution in [0, 0.1) is 0 Å². The molecule has 0 aliphatic heterocycles. The number of nitrogens with one attached hydrogen (secondary N) is 2. The van der Waals surface area contributed by atoms with Crippen molar-refractivity contribution in [3.8, 4) is 22.8 Å². The van der Waals surface area contributed by atoms with Crippen molar-refractivity contribution in [2.45, 2.75) is 19.8 Å². The molecule has 3 rings (SSSR count). The number of benzene rings is 1. The van der Waals surface area contributed by atoms with Crippen LogP contribution in [-0.4, -0.2) is 19.7 Å². The lowest BCUT2D eigenvalue weighted by molar-refractivity contribution is 0.479. The van der Waals surface area contributed by atoms with Crippen LogP contribution in [0.2, 0.25) is 10.0 Å². The molecule has 0 atom stereocenters. The van der Waals surface area contributed by atoms with Crippen molar-refractivity contribution in [1.29, 1.82) is 0 Å². The third kappa shape index (κ3) is 3.88. The molecule has 0 aliphatic carbocycles. The molecule has 0 radical (unpaired) electrons. The lowest BCUT2D eigenvalue weighted by Gasteiger charge is -2.13. The van der Waals surface area contributed by atoms with Gasteiger partial charge in [-0.05, 0) is 24.1 Å². The summed E-state index contributed by atoms with van der Waals surface area (Å²) in [5.74, 6) is 0.524. The number of H-pyrrole nitrogens is 2. The van der Waals surface area contributed by atoms with E-state index in [2.05, 4.69) is 15.1 Å². The number of aryl methyl sites for hydroxylation is 1. The standard InChI is InChI=1S/C18H16Cl2N4O4/c1-8(2)11-6-10(7-21-16(11)25)28-15-12(19)4-9(5-13(15)20)14-17(26)22-18(27)24(3)23-14/h4-8H,1-3H3,(H,21,25)(H,22,26,27). The Morgan fingerprint density at radius 3 is 2.32 bits per heavy atom. The van der Waals surface area contributed by atoms with Crippen molar-refractivity contribution < 1.29 is 4.74 Å². The Hall–Kier alpha value is -2.84. The van der Waals surface area contributed by atoms with Crippen LogP contribution in [0.4, 0.5) is 0 Å². The topological polar surface area (TPSA) is 110 Å². The molecule has 0 saturated carbocycles. The average molecular weight is 423 g/mol. The number of rotatable bonds is 4. The number of ether oxygens (including phenoxy) is 1. The number of hydrogen-bond acceptors (Lipinski definition) is 5. The van der Waals surface area contributed by atoms with E-state index in [1.54, 1.807) is 6.07 Å². The summed E-state index contributed by atoms with van der Waals surface area (Å²) in [4.78, 5) is 40.1. The van der Waals surface area contributed by atoms with Crippen molar-refractivity contribution in [2.75, 3.05) is 0 Å². The van der Waals surface area contributed by atoms with Crippen LogP contribution in [0.5, 0.6) is 11.5 Å². The summed E-state index contributed by atoms with van der Waals surface area (Å²) in [5, 5.41) is 4.21. The zero-order chi connectivity index (χ0) is 20.6. The van der Waals surface area contributed by atoms with Crippen LogP contribution >= 0.6 is 23.2 Å². The highest BCUT2D eigenvalue weighted by atomic mass is 35.5. The number of aromatic amines is 2. The van der Waals surface area contributed by atoms with Gasteiger partial charge in [0.1, 0.15) is 5.75 Å². The first kappa shape index (κ1) is 19.9. The van der Waals surface area contributed by atoms with Gasteiger partial charge in [-0.3, -0.25) is 14.6 Å². The molecule has 0 fully saturated rings. The second-order valence-electron chi connectivity index (χ2n) is 6.38. The minimum Gasteiger partial charge on any atom is -0.453 e. The Bertz CT molecular complexity index is 1200. The molecular formula is C18H16Cl2N4O4. The molecule has 2 heterocycles. The lowest BCUT2D eigenvalue weighted by atomic mass is 10.1. The Balaban J connectivity index is 2.03. The highest BCUT2D eigenvalue weighted by Gasteiger charge is 2.16. The van der Waals surface area contributed by atoms with Crippen LogP contribution in [0.15, 0.2) is 38.8 Å². The summed E-state index contributed by atoms with van der Waals surface area (Å²) in [7, 11) is 1.41. The predicted octanol–water partition coefficient (Wildman–Crippen LogP) is 3.05. The van der Waals surface area contributed by atoms with Crippen molar-refractivity contribution in [1.82, 2.24) is 19.7 Å². The van der Waals surface area contributed by atoms with E-state index in [-0.39, 0.29) is 33.0 Å². The minimum absolute atomic E-state index is 0.00291. The Labute approximate surface area is 168 Å². The van der Waals surface area contributed by atoms with Crippen LogP contribution < -0.4 is 21.5 Å². The predicted molar refractivity (Wildman–Crippen MR) is 107 cm³/mol. The lowest BCUT2D eigenvalue weighted by Crippen LogP contribution is -2.31. The quantitative estimate of drug-likeness (QED) is 0.671. The second-order valence-corrected chi connectivity index (χ2v) is 7.19. The fourth-order valence-electron chi connectivity index (χ4n) is 2.55. The fourth-order valence-corrected chi connectivity index (χ4v) is 3.11. The van der Waals surface area contributed by atoms with Gasteiger partial charge in [-0.1, -0.05) is 37.0 Å². The first-order valence-corrected chi connectivity index (χ1v) is 9.00. The maximum absolute atomic E-state index is 12.0. The maximum atomic E-state index is 12.0. The summed E-state index contributed by atoms with van der Waals surface area (Å²) in [6, 6.07) is 4.53. The zero-order valence-corrected chi connectivity index (χ0v) is 16.7. The zero-order valence-electron chi connectivity index (χ0n) is 15.2. The van der Waals surface area contributed by atoms with Crippen LogP contribution in [0.3, 0.4) is 0 Å². The molecule has 0 amide bonds. The molecule has 0 spiro atoms. The minimum atomic E-state index is -0.661. The number of nitrogens with zero attached hydrogens (tertiary/aromatic N) is 2. The van der Waals surface area contributed by atoms with Gasteiger partial charge < -0.3 is 9.72 Å². The van der Waals surface area contributed by atoms with Crippen LogP contribution in [0.1, 0.15) is 25.3 Å². The van der Waals surface area contributed by atoms with Crippen molar-refractivity contribution in [3.63, 3.8) is 0 Å². The summed E-state index contributed by atoms with van der Waals surface area (Å²) in [6.45, 7) is 3.78. The number of aromatic nitrogens is 4. The van der Waals surface area contributed by atoms with Gasteiger partial charge in [0, 0.05) is 24.4 Å². The number of pyridine rings is 1. The maximum Gasteiger partial charge on any atom is 0.344 e. The van der Waals surface area contributed by atoms with Gasteiger partial charge in [0.25, 0.3) is 11.1 Å². The van der Waals surface area contributed by atoms with Crippen molar-refractivity contribution >= 4 is 23.2 Å². The normalized spacial score (nSPS) is 11.1. The van der Waals surface area contributed by atoms with Crippen LogP contribution in [-0.2, 0) is 7.05 Å². The summed E-state index contributed by atoms with van der Waals surface area (Å²) < 4.78 is 6.75. The Morgan fingerprint density at radius 2 is 1.71 bits per heavy atom. The highest BCUT2D eigenvalue weighted by molar-refractivity contribution is 6.37. The number of halogens is 2. The van der Waals surface area contributed by atoms with Crippen molar-refractivity contribution in [3.05, 3.63) is 71.2 Å². The van der Waals surface area contributed by atoms with Crippen molar-refractivity contribution in [2.24, 2.45) is 7.05 Å².